The molecule has 0 saturated carbocycles. The molecule has 1 aliphatic heterocycles. The van der Waals surface area contributed by atoms with Gasteiger partial charge in [0.05, 0.1) is 25.9 Å². The van der Waals surface area contributed by atoms with E-state index >= 15 is 0 Å². The normalized spacial score (nSPS) is 18.1. The van der Waals surface area contributed by atoms with E-state index in [-0.39, 0.29) is 18.2 Å². The van der Waals surface area contributed by atoms with Crippen LogP contribution in [0.4, 0.5) is 0 Å². The Balaban J connectivity index is 2.18. The van der Waals surface area contributed by atoms with E-state index in [1.54, 1.807) is 13.0 Å². The summed E-state index contributed by atoms with van der Waals surface area (Å²) in [7, 11) is 0. The van der Waals surface area contributed by atoms with Crippen molar-refractivity contribution < 1.29 is 19.0 Å². The van der Waals surface area contributed by atoms with Crippen molar-refractivity contribution in [2.75, 3.05) is 19.8 Å². The first kappa shape index (κ1) is 18.0. The number of esters is 1. The van der Waals surface area contributed by atoms with Crippen LogP contribution in [0.2, 0.25) is 5.02 Å². The minimum absolute atomic E-state index is 0.0651. The molecular weight excluding hydrogens is 316 g/mol. The number of epoxide rings is 1. The second-order valence-electron chi connectivity index (χ2n) is 5.42. The Morgan fingerprint density at radius 1 is 1.48 bits per heavy atom. The number of hydrogen-bond donors (Lipinski definition) is 0. The van der Waals surface area contributed by atoms with Crippen LogP contribution in [0.25, 0.3) is 6.08 Å². The molecule has 0 radical (unpaired) electrons. The van der Waals surface area contributed by atoms with Gasteiger partial charge in [-0.3, -0.25) is 0 Å². The fraction of sp³-hybridized carbons (Fsp3) is 0.500. The van der Waals surface area contributed by atoms with Gasteiger partial charge in [-0.15, -0.1) is 0 Å². The molecule has 2 rings (SSSR count). The van der Waals surface area contributed by atoms with Crippen LogP contribution >= 0.6 is 11.6 Å². The molecular formula is C18H23ClO4. The maximum atomic E-state index is 11.5. The molecule has 0 aliphatic carbocycles. The van der Waals surface area contributed by atoms with Crippen LogP contribution in [0.1, 0.15) is 43.9 Å². The van der Waals surface area contributed by atoms with Crippen LogP contribution in [0.3, 0.4) is 0 Å². The van der Waals surface area contributed by atoms with Crippen LogP contribution in [-0.2, 0) is 19.0 Å². The van der Waals surface area contributed by atoms with Gasteiger partial charge >= 0.3 is 5.97 Å². The molecule has 1 aromatic carbocycles. The summed E-state index contributed by atoms with van der Waals surface area (Å²) < 4.78 is 16.1. The van der Waals surface area contributed by atoms with Gasteiger partial charge < -0.3 is 14.2 Å². The molecule has 2 atom stereocenters. The number of hydrogen-bond acceptors (Lipinski definition) is 4. The van der Waals surface area contributed by atoms with Gasteiger partial charge in [-0.2, -0.15) is 0 Å². The van der Waals surface area contributed by atoms with Gasteiger partial charge in [0.2, 0.25) is 0 Å². The average Bonchev–Trinajstić information content (AvgIpc) is 3.35. The SMILES string of the molecule is CCC[C@@H](OC[C@H]1CO1)c1cc(Cl)ccc1C=CC(=O)OCC. The maximum absolute atomic E-state index is 11.5. The summed E-state index contributed by atoms with van der Waals surface area (Å²) in [5.41, 5.74) is 1.90. The Hall–Kier alpha value is -1.36. The smallest absolute Gasteiger partial charge is 0.330 e. The van der Waals surface area contributed by atoms with Gasteiger partial charge in [0.25, 0.3) is 0 Å². The molecule has 1 aromatic rings. The topological polar surface area (TPSA) is 48.1 Å². The molecule has 0 amide bonds. The lowest BCUT2D eigenvalue weighted by molar-refractivity contribution is -0.137. The van der Waals surface area contributed by atoms with Crippen LogP contribution in [0.15, 0.2) is 24.3 Å². The van der Waals surface area contributed by atoms with Crippen molar-refractivity contribution in [3.8, 4) is 0 Å². The molecule has 1 aliphatic rings. The van der Waals surface area contributed by atoms with Crippen molar-refractivity contribution in [2.24, 2.45) is 0 Å². The molecule has 0 bridgehead atoms. The highest BCUT2D eigenvalue weighted by Crippen LogP contribution is 2.30. The molecule has 126 valence electrons. The van der Waals surface area contributed by atoms with Crippen molar-refractivity contribution in [1.82, 2.24) is 0 Å². The van der Waals surface area contributed by atoms with E-state index in [4.69, 9.17) is 25.8 Å². The van der Waals surface area contributed by atoms with Crippen molar-refractivity contribution in [3.05, 3.63) is 40.4 Å². The molecule has 5 heteroatoms. The highest BCUT2D eigenvalue weighted by molar-refractivity contribution is 6.30. The highest BCUT2D eigenvalue weighted by atomic mass is 35.5. The molecule has 23 heavy (non-hydrogen) atoms. The zero-order chi connectivity index (χ0) is 16.7. The molecule has 0 aromatic heterocycles. The van der Waals surface area contributed by atoms with Crippen LogP contribution in [-0.4, -0.2) is 31.9 Å². The molecule has 0 spiro atoms. The second kappa shape index (κ2) is 9.06. The molecule has 1 heterocycles. The van der Waals surface area contributed by atoms with Crippen LogP contribution < -0.4 is 0 Å². The number of ether oxygens (including phenoxy) is 3. The standard InChI is InChI=1S/C18H23ClO4/c1-3-5-17(23-12-15-11-22-15)16-10-14(19)8-6-13(16)7-9-18(20)21-4-2/h6-10,15,17H,3-5,11-12H2,1-2H3/t15-,17-/m1/s1. The average molecular weight is 339 g/mol. The first-order valence-corrected chi connectivity index (χ1v) is 8.39. The minimum Gasteiger partial charge on any atom is -0.463 e. The Morgan fingerprint density at radius 2 is 2.26 bits per heavy atom. The van der Waals surface area contributed by atoms with Gasteiger partial charge in [-0.05, 0) is 42.7 Å². The van der Waals surface area contributed by atoms with Gasteiger partial charge in [0.1, 0.15) is 6.10 Å². The minimum atomic E-state index is -0.354. The van der Waals surface area contributed by atoms with E-state index in [0.717, 1.165) is 30.6 Å². The van der Waals surface area contributed by atoms with E-state index in [2.05, 4.69) is 6.92 Å². The van der Waals surface area contributed by atoms with Crippen molar-refractivity contribution in [1.29, 1.82) is 0 Å². The lowest BCUT2D eigenvalue weighted by Crippen LogP contribution is -2.10. The predicted molar refractivity (Wildman–Crippen MR) is 90.5 cm³/mol. The summed E-state index contributed by atoms with van der Waals surface area (Å²) in [6, 6.07) is 5.61. The third-order valence-corrected chi connectivity index (χ3v) is 3.75. The van der Waals surface area contributed by atoms with Gasteiger partial charge in [-0.25, -0.2) is 4.79 Å². The number of carbonyl (C=O) groups excluding carboxylic acids is 1. The van der Waals surface area contributed by atoms with E-state index in [1.165, 1.54) is 6.08 Å². The summed E-state index contributed by atoms with van der Waals surface area (Å²) in [4.78, 5) is 11.5. The summed E-state index contributed by atoms with van der Waals surface area (Å²) in [5.74, 6) is -0.354. The number of carbonyl (C=O) groups is 1. The second-order valence-corrected chi connectivity index (χ2v) is 5.86. The molecule has 0 N–H and O–H groups in total. The zero-order valence-electron chi connectivity index (χ0n) is 13.6. The largest absolute Gasteiger partial charge is 0.463 e. The lowest BCUT2D eigenvalue weighted by Gasteiger charge is -2.20. The molecule has 1 saturated heterocycles. The molecule has 1 fully saturated rings. The quantitative estimate of drug-likeness (QED) is 0.385. The highest BCUT2D eigenvalue weighted by Gasteiger charge is 2.25. The molecule has 4 nitrogen and oxygen atoms in total. The Bertz CT molecular complexity index is 552. The fourth-order valence-electron chi connectivity index (χ4n) is 2.30. The van der Waals surface area contributed by atoms with E-state index in [9.17, 15) is 4.79 Å². The van der Waals surface area contributed by atoms with E-state index in [0.29, 0.717) is 18.2 Å². The summed E-state index contributed by atoms with van der Waals surface area (Å²) in [6.45, 7) is 5.61. The van der Waals surface area contributed by atoms with Crippen molar-refractivity contribution >= 4 is 23.6 Å². The fourth-order valence-corrected chi connectivity index (χ4v) is 2.48. The Labute approximate surface area is 142 Å². The lowest BCUT2D eigenvalue weighted by atomic mass is 9.98. The molecule has 0 unspecified atom stereocenters. The Morgan fingerprint density at radius 3 is 2.91 bits per heavy atom. The first-order chi connectivity index (χ1) is 11.1. The maximum Gasteiger partial charge on any atom is 0.330 e. The van der Waals surface area contributed by atoms with Gasteiger partial charge in [0.15, 0.2) is 0 Å². The number of halogens is 1. The van der Waals surface area contributed by atoms with Crippen molar-refractivity contribution in [2.45, 2.75) is 38.9 Å². The van der Waals surface area contributed by atoms with E-state index < -0.39 is 0 Å². The van der Waals surface area contributed by atoms with E-state index in [1.807, 2.05) is 18.2 Å². The summed E-state index contributed by atoms with van der Waals surface area (Å²) in [5, 5.41) is 0.653. The first-order valence-electron chi connectivity index (χ1n) is 8.01. The number of benzene rings is 1. The van der Waals surface area contributed by atoms with Crippen molar-refractivity contribution in [3.63, 3.8) is 0 Å². The van der Waals surface area contributed by atoms with Gasteiger partial charge in [0, 0.05) is 11.1 Å². The van der Waals surface area contributed by atoms with Gasteiger partial charge in [-0.1, -0.05) is 31.0 Å². The van der Waals surface area contributed by atoms with Crippen LogP contribution in [0.5, 0.6) is 0 Å². The van der Waals surface area contributed by atoms with Crippen LogP contribution in [0, 0.1) is 0 Å². The summed E-state index contributed by atoms with van der Waals surface area (Å²) in [6.07, 6.45) is 5.21. The monoisotopic (exact) mass is 338 g/mol. The zero-order valence-corrected chi connectivity index (χ0v) is 14.3. The summed E-state index contributed by atoms with van der Waals surface area (Å²) >= 11 is 6.15. The number of rotatable bonds is 9. The Kier molecular flexibility index (Phi) is 7.09. The third-order valence-electron chi connectivity index (χ3n) is 3.52. The predicted octanol–water partition coefficient (Wildman–Crippen LogP) is 4.17. The third kappa shape index (κ3) is 5.98.